The smallest absolute Gasteiger partial charge is 0.154 e. The lowest BCUT2D eigenvalue weighted by molar-refractivity contribution is 0.111. The molecule has 0 N–H and O–H groups in total. The second-order valence-corrected chi connectivity index (χ2v) is 3.67. The molecule has 1 nitrogen and oxygen atoms in total. The van der Waals surface area contributed by atoms with Gasteiger partial charge < -0.3 is 0 Å². The van der Waals surface area contributed by atoms with Gasteiger partial charge in [0.15, 0.2) is 6.29 Å². The molecule has 0 amide bonds. The Hall–Kier alpha value is -0.220. The summed E-state index contributed by atoms with van der Waals surface area (Å²) >= 11 is 6.15. The molecule has 0 spiro atoms. The number of carbonyl (C=O) groups is 1. The molecule has 11 heavy (non-hydrogen) atoms. The minimum atomic E-state index is -0.527. The van der Waals surface area contributed by atoms with Crippen molar-refractivity contribution in [3.63, 3.8) is 0 Å². The third kappa shape index (κ3) is 1.87. The Morgan fingerprint density at radius 2 is 2.00 bits per heavy atom. The van der Waals surface area contributed by atoms with Gasteiger partial charge in [-0.3, -0.25) is 4.79 Å². The molecule has 1 aromatic carbocycles. The van der Waals surface area contributed by atoms with E-state index in [2.05, 4.69) is 31.9 Å². The van der Waals surface area contributed by atoms with Crippen molar-refractivity contribution in [1.29, 1.82) is 0 Å². The predicted molar refractivity (Wildman–Crippen MR) is 47.2 cm³/mol. The van der Waals surface area contributed by atoms with Crippen molar-refractivity contribution in [2.75, 3.05) is 0 Å². The summed E-state index contributed by atoms with van der Waals surface area (Å²) in [5, 5.41) is 0. The maximum absolute atomic E-state index is 12.8. The van der Waals surface area contributed by atoms with E-state index in [9.17, 15) is 9.18 Å². The normalized spacial score (nSPS) is 9.73. The summed E-state index contributed by atoms with van der Waals surface area (Å²) in [6.45, 7) is 0. The van der Waals surface area contributed by atoms with Crippen molar-refractivity contribution >= 4 is 38.1 Å². The van der Waals surface area contributed by atoms with E-state index in [1.54, 1.807) is 6.07 Å². The first kappa shape index (κ1) is 8.87. The largest absolute Gasteiger partial charge is 0.298 e. The fourth-order valence-corrected chi connectivity index (χ4v) is 1.93. The summed E-state index contributed by atoms with van der Waals surface area (Å²) in [5.74, 6) is -0.527. The van der Waals surface area contributed by atoms with Crippen LogP contribution in [0.2, 0.25) is 0 Å². The van der Waals surface area contributed by atoms with Crippen LogP contribution in [0.15, 0.2) is 21.1 Å². The number of hydrogen-bond donors (Lipinski definition) is 0. The van der Waals surface area contributed by atoms with E-state index in [-0.39, 0.29) is 5.56 Å². The van der Waals surface area contributed by atoms with Crippen molar-refractivity contribution in [3.8, 4) is 0 Å². The molecule has 1 rings (SSSR count). The van der Waals surface area contributed by atoms with Crippen molar-refractivity contribution < 1.29 is 9.18 Å². The van der Waals surface area contributed by atoms with E-state index < -0.39 is 5.82 Å². The number of carbonyl (C=O) groups excluding carboxylic acids is 1. The molecule has 0 fully saturated rings. The minimum absolute atomic E-state index is 0.0493. The topological polar surface area (TPSA) is 17.1 Å². The number of benzene rings is 1. The lowest BCUT2D eigenvalue weighted by atomic mass is 10.2. The highest BCUT2D eigenvalue weighted by Crippen LogP contribution is 2.23. The molecule has 0 atom stereocenters. The molecular weight excluding hydrogens is 279 g/mol. The van der Waals surface area contributed by atoms with E-state index in [1.165, 1.54) is 6.07 Å². The summed E-state index contributed by atoms with van der Waals surface area (Å²) in [6.07, 6.45) is 0.478. The Kier molecular flexibility index (Phi) is 2.78. The van der Waals surface area contributed by atoms with Gasteiger partial charge in [0, 0.05) is 8.95 Å². The number of rotatable bonds is 1. The van der Waals surface area contributed by atoms with E-state index in [0.717, 1.165) is 0 Å². The van der Waals surface area contributed by atoms with Crippen molar-refractivity contribution in [1.82, 2.24) is 0 Å². The van der Waals surface area contributed by atoms with Gasteiger partial charge in [-0.15, -0.1) is 0 Å². The van der Waals surface area contributed by atoms with Gasteiger partial charge in [0.25, 0.3) is 0 Å². The highest BCUT2D eigenvalue weighted by atomic mass is 79.9. The number of aldehydes is 1. The summed E-state index contributed by atoms with van der Waals surface area (Å²) in [6, 6.07) is 2.86. The Labute approximate surface area is 79.9 Å². The third-order valence-electron chi connectivity index (χ3n) is 1.16. The highest BCUT2D eigenvalue weighted by molar-refractivity contribution is 9.11. The van der Waals surface area contributed by atoms with Crippen LogP contribution in [0.1, 0.15) is 10.4 Å². The summed E-state index contributed by atoms with van der Waals surface area (Å²) in [7, 11) is 0. The molecule has 0 heterocycles. The number of hydrogen-bond acceptors (Lipinski definition) is 1. The Balaban J connectivity index is 3.36. The van der Waals surface area contributed by atoms with Gasteiger partial charge in [0.05, 0.1) is 5.56 Å². The molecule has 58 valence electrons. The van der Waals surface area contributed by atoms with Crippen molar-refractivity contribution in [2.45, 2.75) is 0 Å². The van der Waals surface area contributed by atoms with Crippen LogP contribution in [-0.2, 0) is 0 Å². The fourth-order valence-electron chi connectivity index (χ4n) is 0.666. The summed E-state index contributed by atoms with van der Waals surface area (Å²) in [5.41, 5.74) is 0.0493. The monoisotopic (exact) mass is 280 g/mol. The van der Waals surface area contributed by atoms with Gasteiger partial charge in [-0.25, -0.2) is 4.39 Å². The first-order valence-electron chi connectivity index (χ1n) is 2.75. The van der Waals surface area contributed by atoms with E-state index in [0.29, 0.717) is 15.2 Å². The van der Waals surface area contributed by atoms with Crippen molar-refractivity contribution in [3.05, 3.63) is 32.5 Å². The quantitative estimate of drug-likeness (QED) is 0.723. The molecule has 0 saturated carbocycles. The molecule has 0 bridgehead atoms. The second-order valence-electron chi connectivity index (χ2n) is 1.90. The molecule has 0 aliphatic carbocycles. The number of halogens is 3. The SMILES string of the molecule is O=Cc1c(F)cc(Br)cc1Br. The second kappa shape index (κ2) is 3.45. The van der Waals surface area contributed by atoms with Crippen LogP contribution < -0.4 is 0 Å². The van der Waals surface area contributed by atoms with Gasteiger partial charge in [-0.1, -0.05) is 15.9 Å². The first-order chi connectivity index (χ1) is 5.15. The zero-order valence-corrected chi connectivity index (χ0v) is 8.45. The van der Waals surface area contributed by atoms with Gasteiger partial charge in [-0.05, 0) is 28.1 Å². The average molecular weight is 282 g/mol. The van der Waals surface area contributed by atoms with Crippen LogP contribution >= 0.6 is 31.9 Å². The lowest BCUT2D eigenvalue weighted by Crippen LogP contribution is -1.88. The zero-order chi connectivity index (χ0) is 8.43. The van der Waals surface area contributed by atoms with Crippen LogP contribution in [0.4, 0.5) is 4.39 Å². The maximum Gasteiger partial charge on any atom is 0.154 e. The summed E-state index contributed by atoms with van der Waals surface area (Å²) < 4.78 is 13.9. The molecule has 0 aliphatic rings. The Morgan fingerprint density at radius 1 is 1.36 bits per heavy atom. The van der Waals surface area contributed by atoms with Crippen LogP contribution in [0, 0.1) is 5.82 Å². The Morgan fingerprint density at radius 3 is 2.45 bits per heavy atom. The minimum Gasteiger partial charge on any atom is -0.298 e. The lowest BCUT2D eigenvalue weighted by Gasteiger charge is -1.98. The van der Waals surface area contributed by atoms with Gasteiger partial charge in [0.2, 0.25) is 0 Å². The molecule has 4 heteroatoms. The molecule has 0 unspecified atom stereocenters. The summed E-state index contributed by atoms with van der Waals surface area (Å²) in [4.78, 5) is 10.3. The molecule has 0 saturated heterocycles. The van der Waals surface area contributed by atoms with Gasteiger partial charge in [0.1, 0.15) is 5.82 Å². The Bertz CT molecular complexity index is 275. The molecule has 0 aromatic heterocycles. The van der Waals surface area contributed by atoms with Crippen LogP contribution in [0.3, 0.4) is 0 Å². The van der Waals surface area contributed by atoms with Crippen LogP contribution in [0.25, 0.3) is 0 Å². The molecule has 1 aromatic rings. The zero-order valence-electron chi connectivity index (χ0n) is 5.27. The van der Waals surface area contributed by atoms with Crippen molar-refractivity contribution in [2.24, 2.45) is 0 Å². The third-order valence-corrected chi connectivity index (χ3v) is 2.28. The van der Waals surface area contributed by atoms with Crippen LogP contribution in [0.5, 0.6) is 0 Å². The fraction of sp³-hybridized carbons (Fsp3) is 0. The molecule has 0 radical (unpaired) electrons. The van der Waals surface area contributed by atoms with E-state index in [1.807, 2.05) is 0 Å². The predicted octanol–water partition coefficient (Wildman–Crippen LogP) is 3.16. The van der Waals surface area contributed by atoms with E-state index in [4.69, 9.17) is 0 Å². The van der Waals surface area contributed by atoms with Gasteiger partial charge in [-0.2, -0.15) is 0 Å². The van der Waals surface area contributed by atoms with E-state index >= 15 is 0 Å². The van der Waals surface area contributed by atoms with Crippen LogP contribution in [-0.4, -0.2) is 6.29 Å². The first-order valence-corrected chi connectivity index (χ1v) is 4.33. The highest BCUT2D eigenvalue weighted by Gasteiger charge is 2.06. The maximum atomic E-state index is 12.8. The standard InChI is InChI=1S/C7H3Br2FO/c8-4-1-6(9)5(3-11)7(10)2-4/h1-3H. The molecular formula is C7H3Br2FO. The molecule has 0 aliphatic heterocycles. The average Bonchev–Trinajstić information content (AvgIpc) is 1.85. The van der Waals surface area contributed by atoms with Gasteiger partial charge >= 0.3 is 0 Å².